The van der Waals surface area contributed by atoms with Crippen LogP contribution in [0.1, 0.15) is 25.5 Å². The van der Waals surface area contributed by atoms with Gasteiger partial charge in [0.15, 0.2) is 12.4 Å². The highest BCUT2D eigenvalue weighted by atomic mass is 16.7. The fourth-order valence-corrected chi connectivity index (χ4v) is 3.78. The maximum absolute atomic E-state index is 11.5. The lowest BCUT2D eigenvalue weighted by molar-refractivity contribution is -0.319. The van der Waals surface area contributed by atoms with E-state index in [4.69, 9.17) is 18.6 Å². The van der Waals surface area contributed by atoms with Gasteiger partial charge in [-0.3, -0.25) is 0 Å². The van der Waals surface area contributed by atoms with Crippen molar-refractivity contribution < 1.29 is 44.2 Å². The van der Waals surface area contributed by atoms with Gasteiger partial charge in [-0.25, -0.2) is 4.79 Å². The summed E-state index contributed by atoms with van der Waals surface area (Å²) in [6.45, 7) is 2.45. The first kappa shape index (κ1) is 21.2. The van der Waals surface area contributed by atoms with Crippen LogP contribution in [0.15, 0.2) is 33.5 Å². The molecule has 0 aliphatic carbocycles. The van der Waals surface area contributed by atoms with E-state index < -0.39 is 60.7 Å². The van der Waals surface area contributed by atoms with Crippen molar-refractivity contribution in [3.8, 4) is 5.75 Å². The zero-order chi connectivity index (χ0) is 21.8. The molecule has 0 unspecified atom stereocenters. The lowest BCUT2D eigenvalue weighted by Crippen LogP contribution is -2.59. The van der Waals surface area contributed by atoms with Gasteiger partial charge < -0.3 is 44.2 Å². The minimum absolute atomic E-state index is 0.296. The highest BCUT2D eigenvalue weighted by Gasteiger charge is 2.50. The Morgan fingerprint density at radius 2 is 1.83 bits per heavy atom. The SMILES string of the molecule is CC(C)(O)[C@@H]1Oc2cc3oc(=O)ccc3cc2[C@H]1O[C@@H]1O[C@H](CO)[C@@H](O)[C@H](O)[C@H]1O. The minimum atomic E-state index is -1.60. The Balaban J connectivity index is 1.72. The van der Waals surface area contributed by atoms with Crippen molar-refractivity contribution in [2.75, 3.05) is 6.61 Å². The number of hydrogen-bond acceptors (Lipinski definition) is 10. The molecule has 4 rings (SSSR count). The molecule has 2 aliphatic rings. The van der Waals surface area contributed by atoms with Gasteiger partial charge in [0, 0.05) is 23.1 Å². The normalized spacial score (nSPS) is 34.0. The van der Waals surface area contributed by atoms with Crippen molar-refractivity contribution in [3.63, 3.8) is 0 Å². The second-order valence-electron chi connectivity index (χ2n) is 8.13. The molecule has 10 nitrogen and oxygen atoms in total. The van der Waals surface area contributed by atoms with E-state index in [1.165, 1.54) is 26.0 Å². The van der Waals surface area contributed by atoms with E-state index in [-0.39, 0.29) is 0 Å². The lowest BCUT2D eigenvalue weighted by Gasteiger charge is -2.41. The predicted molar refractivity (Wildman–Crippen MR) is 101 cm³/mol. The highest BCUT2D eigenvalue weighted by Crippen LogP contribution is 2.45. The van der Waals surface area contributed by atoms with Crippen LogP contribution in [0.5, 0.6) is 5.75 Å². The average molecular weight is 424 g/mol. The van der Waals surface area contributed by atoms with Crippen LogP contribution in [0.25, 0.3) is 11.0 Å². The molecule has 2 aliphatic heterocycles. The molecule has 7 atom stereocenters. The smallest absolute Gasteiger partial charge is 0.336 e. The van der Waals surface area contributed by atoms with Crippen molar-refractivity contribution >= 4 is 11.0 Å². The molecule has 1 fully saturated rings. The minimum Gasteiger partial charge on any atom is -0.484 e. The Morgan fingerprint density at radius 1 is 1.10 bits per heavy atom. The van der Waals surface area contributed by atoms with Crippen molar-refractivity contribution in [1.29, 1.82) is 0 Å². The first-order chi connectivity index (χ1) is 14.1. The number of aliphatic hydroxyl groups excluding tert-OH is 4. The second-order valence-corrected chi connectivity index (χ2v) is 8.13. The molecule has 0 bridgehead atoms. The summed E-state index contributed by atoms with van der Waals surface area (Å²) in [5.74, 6) is 0.318. The zero-order valence-electron chi connectivity index (χ0n) is 16.3. The first-order valence-electron chi connectivity index (χ1n) is 9.53. The summed E-state index contributed by atoms with van der Waals surface area (Å²) < 4.78 is 22.4. The molecule has 30 heavy (non-hydrogen) atoms. The van der Waals surface area contributed by atoms with Crippen LogP contribution in [0.3, 0.4) is 0 Å². The third-order valence-electron chi connectivity index (χ3n) is 5.41. The second kappa shape index (κ2) is 7.57. The number of hydrogen-bond donors (Lipinski definition) is 5. The van der Waals surface area contributed by atoms with E-state index in [0.29, 0.717) is 22.3 Å². The van der Waals surface area contributed by atoms with Gasteiger partial charge in [-0.1, -0.05) is 0 Å². The number of aliphatic hydroxyl groups is 5. The maximum Gasteiger partial charge on any atom is 0.336 e. The molecule has 164 valence electrons. The molecule has 0 spiro atoms. The average Bonchev–Trinajstić information content (AvgIpc) is 3.04. The number of benzene rings is 1. The van der Waals surface area contributed by atoms with Crippen LogP contribution in [-0.2, 0) is 9.47 Å². The number of ether oxygens (including phenoxy) is 3. The Hall–Kier alpha value is -2.05. The Morgan fingerprint density at radius 3 is 2.50 bits per heavy atom. The van der Waals surface area contributed by atoms with E-state index in [1.54, 1.807) is 12.1 Å². The number of fused-ring (bicyclic) bond motifs is 2. The Labute approximate surface area is 170 Å². The van der Waals surface area contributed by atoms with Crippen LogP contribution < -0.4 is 10.4 Å². The fraction of sp³-hybridized carbons (Fsp3) is 0.550. The van der Waals surface area contributed by atoms with Crippen LogP contribution in [0.4, 0.5) is 0 Å². The third kappa shape index (κ3) is 3.60. The molecule has 1 saturated heterocycles. The van der Waals surface area contributed by atoms with E-state index in [2.05, 4.69) is 0 Å². The summed E-state index contributed by atoms with van der Waals surface area (Å²) in [5, 5.41) is 50.9. The van der Waals surface area contributed by atoms with Gasteiger partial charge in [0.25, 0.3) is 0 Å². The number of rotatable bonds is 4. The van der Waals surface area contributed by atoms with Crippen LogP contribution >= 0.6 is 0 Å². The standard InChI is InChI=1S/C20H24O10/c1-20(2,26)18-17(30-19-16(25)15(24)14(23)12(7-21)29-19)9-5-8-3-4-13(22)27-10(8)6-11(9)28-18/h3-6,12,14-19,21,23-26H,7H2,1-2H3/t12-,14-,15+,16-,17-,18-,19+/m1/s1. The van der Waals surface area contributed by atoms with Gasteiger partial charge in [0.1, 0.15) is 41.9 Å². The summed E-state index contributed by atoms with van der Waals surface area (Å²) in [6, 6.07) is 6.03. The molecule has 1 aromatic carbocycles. The van der Waals surface area contributed by atoms with Gasteiger partial charge >= 0.3 is 5.63 Å². The van der Waals surface area contributed by atoms with Gasteiger partial charge in [-0.05, 0) is 26.0 Å². The van der Waals surface area contributed by atoms with Crippen molar-refractivity contribution in [2.45, 2.75) is 62.4 Å². The van der Waals surface area contributed by atoms with Gasteiger partial charge in [-0.15, -0.1) is 0 Å². The predicted octanol–water partition coefficient (Wildman–Crippen LogP) is -0.818. The van der Waals surface area contributed by atoms with Crippen LogP contribution in [0, 0.1) is 0 Å². The van der Waals surface area contributed by atoms with Crippen molar-refractivity contribution in [3.05, 3.63) is 40.2 Å². The van der Waals surface area contributed by atoms with E-state index in [9.17, 15) is 30.3 Å². The Kier molecular flexibility index (Phi) is 5.35. The highest BCUT2D eigenvalue weighted by molar-refractivity contribution is 5.80. The van der Waals surface area contributed by atoms with E-state index in [1.807, 2.05) is 0 Å². The van der Waals surface area contributed by atoms with Crippen molar-refractivity contribution in [1.82, 2.24) is 0 Å². The summed E-state index contributed by atoms with van der Waals surface area (Å²) in [7, 11) is 0. The molecule has 0 saturated carbocycles. The summed E-state index contributed by atoms with van der Waals surface area (Å²) in [4.78, 5) is 11.5. The molecule has 3 heterocycles. The van der Waals surface area contributed by atoms with Crippen LogP contribution in [-0.4, -0.2) is 74.6 Å². The molecule has 5 N–H and O–H groups in total. The zero-order valence-corrected chi connectivity index (χ0v) is 16.3. The Bertz CT molecular complexity index is 978. The quantitative estimate of drug-likeness (QED) is 0.393. The maximum atomic E-state index is 11.5. The summed E-state index contributed by atoms with van der Waals surface area (Å²) in [5.41, 5.74) is -1.09. The van der Waals surface area contributed by atoms with Gasteiger partial charge in [0.05, 0.1) is 12.2 Å². The molecule has 2 aromatic rings. The van der Waals surface area contributed by atoms with E-state index in [0.717, 1.165) is 0 Å². The summed E-state index contributed by atoms with van der Waals surface area (Å²) in [6.07, 6.45) is -9.13. The monoisotopic (exact) mass is 424 g/mol. The van der Waals surface area contributed by atoms with E-state index >= 15 is 0 Å². The summed E-state index contributed by atoms with van der Waals surface area (Å²) >= 11 is 0. The van der Waals surface area contributed by atoms with Gasteiger partial charge in [-0.2, -0.15) is 0 Å². The fourth-order valence-electron chi connectivity index (χ4n) is 3.78. The lowest BCUT2D eigenvalue weighted by atomic mass is 9.93. The van der Waals surface area contributed by atoms with Crippen LogP contribution in [0.2, 0.25) is 0 Å². The molecule has 0 amide bonds. The first-order valence-corrected chi connectivity index (χ1v) is 9.53. The molecular formula is C20H24O10. The van der Waals surface area contributed by atoms with Crippen molar-refractivity contribution in [2.24, 2.45) is 0 Å². The molecular weight excluding hydrogens is 400 g/mol. The molecule has 1 aromatic heterocycles. The topological polar surface area (TPSA) is 159 Å². The third-order valence-corrected chi connectivity index (χ3v) is 5.41. The largest absolute Gasteiger partial charge is 0.484 e. The molecule has 10 heteroatoms. The molecule has 0 radical (unpaired) electrons. The van der Waals surface area contributed by atoms with Gasteiger partial charge in [0.2, 0.25) is 0 Å².